The van der Waals surface area contributed by atoms with Gasteiger partial charge in [-0.05, 0) is 109 Å². The quantitative estimate of drug-likeness (QED) is 0.236. The predicted molar refractivity (Wildman–Crippen MR) is 147 cm³/mol. The summed E-state index contributed by atoms with van der Waals surface area (Å²) in [6, 6.07) is 20.8. The van der Waals surface area contributed by atoms with Gasteiger partial charge in [-0.2, -0.15) is 0 Å². The van der Waals surface area contributed by atoms with Gasteiger partial charge >= 0.3 is 0 Å². The lowest BCUT2D eigenvalue weighted by Gasteiger charge is -2.34. The zero-order chi connectivity index (χ0) is 27.3. The number of hydrogen-bond donors (Lipinski definition) is 3. The van der Waals surface area contributed by atoms with Crippen molar-refractivity contribution in [2.75, 3.05) is 13.7 Å². The summed E-state index contributed by atoms with van der Waals surface area (Å²) in [7, 11) is 1.57. The fourth-order valence-electron chi connectivity index (χ4n) is 5.08. The number of oxazole rings is 2. The number of aromatic hydroxyl groups is 2. The SMILES string of the molecule is COC(CO)(c1cc2nc(-c3ccc(O)cc3)oc2cc1C)c1cc2nc(-c3ccc(O)cc3)oc2cc1C. The van der Waals surface area contributed by atoms with Crippen LogP contribution in [0.2, 0.25) is 0 Å². The second kappa shape index (κ2) is 9.27. The fourth-order valence-corrected chi connectivity index (χ4v) is 5.08. The van der Waals surface area contributed by atoms with Crippen molar-refractivity contribution in [2.45, 2.75) is 19.4 Å². The number of benzene rings is 4. The molecule has 0 spiro atoms. The third-order valence-corrected chi connectivity index (χ3v) is 7.14. The molecule has 0 saturated heterocycles. The summed E-state index contributed by atoms with van der Waals surface area (Å²) in [5.74, 6) is 1.18. The Kier molecular flexibility index (Phi) is 5.86. The van der Waals surface area contributed by atoms with E-state index in [4.69, 9.17) is 13.6 Å². The highest BCUT2D eigenvalue weighted by atomic mass is 16.5. The molecule has 2 aromatic heterocycles. The van der Waals surface area contributed by atoms with E-state index < -0.39 is 5.60 Å². The lowest BCUT2D eigenvalue weighted by Crippen LogP contribution is -2.36. The van der Waals surface area contributed by atoms with Crippen LogP contribution in [0.15, 0.2) is 81.6 Å². The Hall–Kier alpha value is -4.66. The monoisotopic (exact) mass is 522 g/mol. The standard InChI is InChI=1S/C31H26N2O6/c1-17-12-27-25(32-29(38-27)19-4-8-21(35)9-5-19)14-23(17)31(16-34,37-3)24-15-26-28(13-18(24)2)39-30(33-26)20-6-10-22(36)11-7-20/h4-15,34-36H,16H2,1-3H3. The second-order valence-electron chi connectivity index (χ2n) is 9.59. The van der Waals surface area contributed by atoms with Crippen LogP contribution < -0.4 is 0 Å². The third kappa shape index (κ3) is 4.10. The number of nitrogens with zero attached hydrogens (tertiary/aromatic N) is 2. The van der Waals surface area contributed by atoms with Crippen LogP contribution in [0, 0.1) is 13.8 Å². The minimum Gasteiger partial charge on any atom is -0.508 e. The molecule has 6 aromatic rings. The van der Waals surface area contributed by atoms with Crippen LogP contribution in [0.25, 0.3) is 45.1 Å². The maximum Gasteiger partial charge on any atom is 0.227 e. The van der Waals surface area contributed by atoms with Gasteiger partial charge in [-0.1, -0.05) is 0 Å². The highest BCUT2D eigenvalue weighted by molar-refractivity contribution is 5.81. The van der Waals surface area contributed by atoms with E-state index in [9.17, 15) is 15.3 Å². The molecule has 39 heavy (non-hydrogen) atoms. The first-order valence-electron chi connectivity index (χ1n) is 12.4. The molecule has 8 nitrogen and oxygen atoms in total. The van der Waals surface area contributed by atoms with Crippen LogP contribution >= 0.6 is 0 Å². The van der Waals surface area contributed by atoms with Crippen molar-refractivity contribution < 1.29 is 28.9 Å². The summed E-state index contributed by atoms with van der Waals surface area (Å²) in [4.78, 5) is 9.35. The minimum atomic E-state index is -1.20. The third-order valence-electron chi connectivity index (χ3n) is 7.14. The second-order valence-corrected chi connectivity index (χ2v) is 9.59. The molecular weight excluding hydrogens is 496 g/mol. The number of aliphatic hydroxyl groups excluding tert-OH is 1. The normalized spacial score (nSPS) is 12.0. The number of aliphatic hydroxyl groups is 1. The van der Waals surface area contributed by atoms with Crippen LogP contribution in [0.4, 0.5) is 0 Å². The molecule has 4 aromatic carbocycles. The number of aryl methyl sites for hydroxylation is 2. The molecular formula is C31H26N2O6. The van der Waals surface area contributed by atoms with Gasteiger partial charge in [-0.3, -0.25) is 0 Å². The Morgan fingerprint density at radius 2 is 1.10 bits per heavy atom. The predicted octanol–water partition coefficient (Wildman–Crippen LogP) is 6.21. The molecule has 3 N–H and O–H groups in total. The summed E-state index contributed by atoms with van der Waals surface area (Å²) < 4.78 is 18.1. The van der Waals surface area contributed by atoms with Gasteiger partial charge in [-0.25, -0.2) is 9.97 Å². The number of rotatable bonds is 6. The van der Waals surface area contributed by atoms with E-state index in [1.54, 1.807) is 55.6 Å². The molecule has 0 amide bonds. The maximum atomic E-state index is 10.8. The molecule has 0 bridgehead atoms. The maximum absolute atomic E-state index is 10.8. The average molecular weight is 523 g/mol. The van der Waals surface area contributed by atoms with E-state index in [2.05, 4.69) is 9.97 Å². The number of hydrogen-bond acceptors (Lipinski definition) is 8. The van der Waals surface area contributed by atoms with Crippen LogP contribution in [-0.4, -0.2) is 39.0 Å². The van der Waals surface area contributed by atoms with E-state index in [0.717, 1.165) is 33.4 Å². The molecule has 0 atom stereocenters. The van der Waals surface area contributed by atoms with Gasteiger partial charge in [0, 0.05) is 18.2 Å². The average Bonchev–Trinajstić information content (AvgIpc) is 3.54. The van der Waals surface area contributed by atoms with Gasteiger partial charge in [0.05, 0.1) is 6.61 Å². The van der Waals surface area contributed by atoms with Crippen LogP contribution in [0.5, 0.6) is 11.5 Å². The van der Waals surface area contributed by atoms with Crippen molar-refractivity contribution >= 4 is 22.2 Å². The van der Waals surface area contributed by atoms with Crippen molar-refractivity contribution in [2.24, 2.45) is 0 Å². The molecule has 6 rings (SSSR count). The molecule has 196 valence electrons. The molecule has 0 aliphatic carbocycles. The summed E-state index contributed by atoms with van der Waals surface area (Å²) in [5.41, 5.74) is 5.91. The van der Waals surface area contributed by atoms with Gasteiger partial charge in [0.25, 0.3) is 0 Å². The van der Waals surface area contributed by atoms with Crippen molar-refractivity contribution in [1.29, 1.82) is 0 Å². The van der Waals surface area contributed by atoms with Gasteiger partial charge in [0.2, 0.25) is 11.8 Å². The van der Waals surface area contributed by atoms with Crippen LogP contribution in [0.1, 0.15) is 22.3 Å². The Labute approximate surface area is 223 Å². The topological polar surface area (TPSA) is 122 Å². The Morgan fingerprint density at radius 1 is 0.692 bits per heavy atom. The first-order valence-corrected chi connectivity index (χ1v) is 12.4. The van der Waals surface area contributed by atoms with Crippen molar-refractivity contribution in [3.05, 3.63) is 95.1 Å². The molecule has 0 aliphatic rings. The highest BCUT2D eigenvalue weighted by Gasteiger charge is 2.38. The van der Waals surface area contributed by atoms with Crippen LogP contribution in [0.3, 0.4) is 0 Å². The van der Waals surface area contributed by atoms with E-state index in [1.165, 1.54) is 0 Å². The van der Waals surface area contributed by atoms with E-state index in [1.807, 2.05) is 38.1 Å². The highest BCUT2D eigenvalue weighted by Crippen LogP contribution is 2.41. The van der Waals surface area contributed by atoms with Crippen molar-refractivity contribution in [1.82, 2.24) is 9.97 Å². The number of fused-ring (bicyclic) bond motifs is 2. The fraction of sp³-hybridized carbons (Fsp3) is 0.161. The smallest absolute Gasteiger partial charge is 0.227 e. The Morgan fingerprint density at radius 3 is 1.46 bits per heavy atom. The van der Waals surface area contributed by atoms with Gasteiger partial charge in [0.15, 0.2) is 11.2 Å². The number of methoxy groups -OCH3 is 1. The molecule has 0 radical (unpaired) electrons. The number of ether oxygens (including phenoxy) is 1. The largest absolute Gasteiger partial charge is 0.508 e. The summed E-state index contributed by atoms with van der Waals surface area (Å²) in [6.07, 6.45) is 0. The van der Waals surface area contributed by atoms with E-state index >= 15 is 0 Å². The summed E-state index contributed by atoms with van der Waals surface area (Å²) in [5, 5.41) is 30.1. The minimum absolute atomic E-state index is 0.162. The zero-order valence-electron chi connectivity index (χ0n) is 21.6. The Bertz CT molecular complexity index is 1680. The zero-order valence-corrected chi connectivity index (χ0v) is 21.6. The summed E-state index contributed by atoms with van der Waals surface area (Å²) in [6.45, 7) is 3.55. The van der Waals surface area contributed by atoms with E-state index in [-0.39, 0.29) is 18.1 Å². The van der Waals surface area contributed by atoms with Crippen molar-refractivity contribution in [3.63, 3.8) is 0 Å². The van der Waals surface area contributed by atoms with E-state index in [0.29, 0.717) is 34.0 Å². The summed E-state index contributed by atoms with van der Waals surface area (Å²) >= 11 is 0. The van der Waals surface area contributed by atoms with Gasteiger partial charge in [0.1, 0.15) is 28.1 Å². The first kappa shape index (κ1) is 24.7. The first-order chi connectivity index (χ1) is 18.8. The lowest BCUT2D eigenvalue weighted by molar-refractivity contribution is -0.0249. The van der Waals surface area contributed by atoms with Crippen LogP contribution in [-0.2, 0) is 10.3 Å². The number of phenols is 2. The molecule has 0 aliphatic heterocycles. The number of aromatic nitrogens is 2. The Balaban J connectivity index is 1.48. The molecule has 8 heteroatoms. The molecule has 0 fully saturated rings. The lowest BCUT2D eigenvalue weighted by atomic mass is 9.81. The molecule has 2 heterocycles. The molecule has 0 unspecified atom stereocenters. The van der Waals surface area contributed by atoms with Gasteiger partial charge in [-0.15, -0.1) is 0 Å². The van der Waals surface area contributed by atoms with Crippen molar-refractivity contribution in [3.8, 4) is 34.4 Å². The molecule has 0 saturated carbocycles. The van der Waals surface area contributed by atoms with Gasteiger partial charge < -0.3 is 28.9 Å². The number of phenolic OH excluding ortho intramolecular Hbond substituents is 2.